The molecule has 1 aliphatic rings. The van der Waals surface area contributed by atoms with Crippen LogP contribution in [0, 0.1) is 17.5 Å². The molecule has 1 aromatic carbocycles. The molecule has 0 saturated carbocycles. The van der Waals surface area contributed by atoms with Gasteiger partial charge in [0.05, 0.1) is 17.7 Å². The fraction of sp³-hybridized carbons (Fsp3) is 0.267. The fourth-order valence-electron chi connectivity index (χ4n) is 2.79. The van der Waals surface area contributed by atoms with Crippen LogP contribution in [0.25, 0.3) is 16.9 Å². The number of rotatable bonds is 2. The maximum atomic E-state index is 14.4. The van der Waals surface area contributed by atoms with Crippen molar-refractivity contribution in [1.82, 2.24) is 19.6 Å². The van der Waals surface area contributed by atoms with Gasteiger partial charge in [-0.05, 0) is 12.8 Å². The normalized spacial score (nSPS) is 15.1. The van der Waals surface area contributed by atoms with Crippen molar-refractivity contribution in [2.24, 2.45) is 0 Å². The molecule has 25 heavy (non-hydrogen) atoms. The Morgan fingerprint density at radius 2 is 1.84 bits per heavy atom. The Morgan fingerprint density at radius 1 is 1.08 bits per heavy atom. The maximum Gasteiger partial charge on any atom is 0.255 e. The number of hydrogen-bond acceptors (Lipinski definition) is 5. The molecule has 3 aromatic rings. The highest BCUT2D eigenvalue weighted by Gasteiger charge is 2.28. The van der Waals surface area contributed by atoms with Crippen molar-refractivity contribution in [3.8, 4) is 11.1 Å². The number of halogens is 4. The van der Waals surface area contributed by atoms with Crippen LogP contribution >= 0.6 is 11.6 Å². The van der Waals surface area contributed by atoms with Gasteiger partial charge in [0.1, 0.15) is 28.9 Å². The van der Waals surface area contributed by atoms with E-state index in [-0.39, 0.29) is 22.3 Å². The molecule has 2 aromatic heterocycles. The van der Waals surface area contributed by atoms with Gasteiger partial charge in [-0.1, -0.05) is 11.6 Å². The third-order valence-electron chi connectivity index (χ3n) is 3.85. The summed E-state index contributed by atoms with van der Waals surface area (Å²) in [5.74, 6) is -2.88. The number of benzene rings is 1. The molecule has 0 atom stereocenters. The van der Waals surface area contributed by atoms with Gasteiger partial charge in [-0.25, -0.2) is 18.2 Å². The Balaban J connectivity index is 2.05. The second kappa shape index (κ2) is 6.16. The minimum absolute atomic E-state index is 0.0726. The summed E-state index contributed by atoms with van der Waals surface area (Å²) in [6.07, 6.45) is 2.90. The zero-order valence-corrected chi connectivity index (χ0v) is 13.5. The zero-order chi connectivity index (χ0) is 17.6. The van der Waals surface area contributed by atoms with Gasteiger partial charge in [0.2, 0.25) is 0 Å². The van der Waals surface area contributed by atoms with E-state index in [1.165, 1.54) is 15.9 Å². The highest BCUT2D eigenvalue weighted by atomic mass is 35.5. The summed E-state index contributed by atoms with van der Waals surface area (Å²) in [5, 5.41) is 5.31. The molecule has 0 N–H and O–H groups in total. The lowest BCUT2D eigenvalue weighted by molar-refractivity contribution is 0.0754. The highest BCUT2D eigenvalue weighted by molar-refractivity contribution is 6.33. The van der Waals surface area contributed by atoms with Crippen LogP contribution in [0.5, 0.6) is 0 Å². The van der Waals surface area contributed by atoms with Crippen LogP contribution in [0.15, 0.2) is 18.5 Å². The summed E-state index contributed by atoms with van der Waals surface area (Å²) in [4.78, 5) is 13.6. The number of hydroxylamine groups is 1. The van der Waals surface area contributed by atoms with E-state index in [0.29, 0.717) is 25.3 Å². The van der Waals surface area contributed by atoms with E-state index in [2.05, 4.69) is 15.1 Å². The molecule has 3 heterocycles. The van der Waals surface area contributed by atoms with E-state index in [1.54, 1.807) is 0 Å². The summed E-state index contributed by atoms with van der Waals surface area (Å²) < 4.78 is 43.3. The van der Waals surface area contributed by atoms with Gasteiger partial charge in [-0.15, -0.1) is 0 Å². The molecule has 1 fully saturated rings. The molecule has 0 spiro atoms. The first kappa shape index (κ1) is 16.1. The number of fused-ring (bicyclic) bond motifs is 1. The zero-order valence-electron chi connectivity index (χ0n) is 12.7. The van der Waals surface area contributed by atoms with Crippen LogP contribution in [-0.4, -0.2) is 32.7 Å². The number of hydrogen-bond donors (Lipinski definition) is 0. The van der Waals surface area contributed by atoms with Crippen LogP contribution in [0.3, 0.4) is 0 Å². The smallest absolute Gasteiger partial charge is 0.255 e. The Bertz CT molecular complexity index is 935. The molecule has 1 aliphatic heterocycles. The topological polar surface area (TPSA) is 55.5 Å². The lowest BCUT2D eigenvalue weighted by atomic mass is 10.1. The summed E-state index contributed by atoms with van der Waals surface area (Å²) in [7, 11) is 0. The van der Waals surface area contributed by atoms with Crippen LogP contribution in [0.1, 0.15) is 12.8 Å². The van der Waals surface area contributed by atoms with Crippen LogP contribution in [0.2, 0.25) is 5.15 Å². The second-order valence-corrected chi connectivity index (χ2v) is 5.82. The molecule has 10 heteroatoms. The minimum atomic E-state index is -1.10. The standard InChI is InChI=1S/C15H11ClF3N5O/c16-13-12(11-9(18)5-8(17)6-10(11)19)14(23-3-1-2-4-25-23)24-15(22-13)20-7-21-24/h5-7H,1-4H2. The fourth-order valence-corrected chi connectivity index (χ4v) is 3.05. The first-order valence-corrected chi connectivity index (χ1v) is 7.88. The van der Waals surface area contributed by atoms with Crippen molar-refractivity contribution < 1.29 is 18.0 Å². The summed E-state index contributed by atoms with van der Waals surface area (Å²) in [6.45, 7) is 0.899. The molecule has 1 saturated heterocycles. The van der Waals surface area contributed by atoms with Crippen LogP contribution in [-0.2, 0) is 4.84 Å². The summed E-state index contributed by atoms with van der Waals surface area (Å²) in [6, 6.07) is 1.17. The average molecular weight is 370 g/mol. The van der Waals surface area contributed by atoms with Gasteiger partial charge in [-0.3, -0.25) is 4.84 Å². The van der Waals surface area contributed by atoms with Crippen LogP contribution in [0.4, 0.5) is 19.0 Å². The maximum absolute atomic E-state index is 14.4. The van der Waals surface area contributed by atoms with Crippen LogP contribution < -0.4 is 5.06 Å². The second-order valence-electron chi connectivity index (χ2n) is 5.46. The minimum Gasteiger partial charge on any atom is -0.272 e. The number of nitrogens with zero attached hydrogens (tertiary/aromatic N) is 5. The highest BCUT2D eigenvalue weighted by Crippen LogP contribution is 2.39. The van der Waals surface area contributed by atoms with E-state index < -0.39 is 23.0 Å². The molecular formula is C15H11ClF3N5O. The first-order valence-electron chi connectivity index (χ1n) is 7.51. The Kier molecular flexibility index (Phi) is 3.97. The molecule has 0 bridgehead atoms. The van der Waals surface area contributed by atoms with E-state index >= 15 is 0 Å². The lowest BCUT2D eigenvalue weighted by Crippen LogP contribution is -2.32. The molecule has 0 radical (unpaired) electrons. The van der Waals surface area contributed by atoms with Gasteiger partial charge in [0.25, 0.3) is 5.78 Å². The SMILES string of the molecule is Fc1cc(F)c(-c2c(Cl)nc3ncnn3c2N2CCCCO2)c(F)c1. The van der Waals surface area contributed by atoms with E-state index in [0.717, 1.165) is 12.8 Å². The van der Waals surface area contributed by atoms with E-state index in [9.17, 15) is 13.2 Å². The van der Waals surface area contributed by atoms with Gasteiger partial charge in [0.15, 0.2) is 5.82 Å². The quantitative estimate of drug-likeness (QED) is 0.648. The third kappa shape index (κ3) is 2.69. The van der Waals surface area contributed by atoms with Crippen molar-refractivity contribution in [2.45, 2.75) is 12.8 Å². The lowest BCUT2D eigenvalue weighted by Gasteiger charge is -2.29. The molecule has 0 amide bonds. The van der Waals surface area contributed by atoms with Gasteiger partial charge >= 0.3 is 0 Å². The molecule has 0 unspecified atom stereocenters. The van der Waals surface area contributed by atoms with Crippen molar-refractivity contribution in [3.63, 3.8) is 0 Å². The molecule has 0 aliphatic carbocycles. The van der Waals surface area contributed by atoms with E-state index in [4.69, 9.17) is 16.4 Å². The molecule has 130 valence electrons. The summed E-state index contributed by atoms with van der Waals surface area (Å²) in [5.41, 5.74) is -0.572. The number of aromatic nitrogens is 4. The average Bonchev–Trinajstić information content (AvgIpc) is 3.02. The van der Waals surface area contributed by atoms with Crippen molar-refractivity contribution in [1.29, 1.82) is 0 Å². The molecular weight excluding hydrogens is 359 g/mol. The van der Waals surface area contributed by atoms with Crippen molar-refractivity contribution >= 4 is 23.2 Å². The Morgan fingerprint density at radius 3 is 2.52 bits per heavy atom. The number of anilines is 1. The molecule has 4 rings (SSSR count). The van der Waals surface area contributed by atoms with Gasteiger partial charge < -0.3 is 0 Å². The van der Waals surface area contributed by atoms with Crippen molar-refractivity contribution in [3.05, 3.63) is 41.1 Å². The largest absolute Gasteiger partial charge is 0.272 e. The Hall–Kier alpha value is -2.39. The first-order chi connectivity index (χ1) is 12.1. The van der Waals surface area contributed by atoms with Gasteiger partial charge in [-0.2, -0.15) is 19.6 Å². The predicted octanol–water partition coefficient (Wildman–Crippen LogP) is 3.39. The van der Waals surface area contributed by atoms with E-state index in [1.807, 2.05) is 0 Å². The van der Waals surface area contributed by atoms with Gasteiger partial charge in [0, 0.05) is 18.7 Å². The third-order valence-corrected chi connectivity index (χ3v) is 4.13. The van der Waals surface area contributed by atoms with Crippen molar-refractivity contribution in [2.75, 3.05) is 18.2 Å². The monoisotopic (exact) mass is 369 g/mol. The molecule has 6 nitrogen and oxygen atoms in total. The predicted molar refractivity (Wildman–Crippen MR) is 83.6 cm³/mol. The Labute approximate surface area is 144 Å². The summed E-state index contributed by atoms with van der Waals surface area (Å²) >= 11 is 6.20.